The summed E-state index contributed by atoms with van der Waals surface area (Å²) in [6.07, 6.45) is 2.46. The summed E-state index contributed by atoms with van der Waals surface area (Å²) >= 11 is 0. The fraction of sp³-hybridized carbons (Fsp3) is 0.450. The Morgan fingerprint density at radius 2 is 1.96 bits per heavy atom. The van der Waals surface area contributed by atoms with E-state index in [-0.39, 0.29) is 12.5 Å². The van der Waals surface area contributed by atoms with E-state index in [0.717, 1.165) is 5.56 Å². The Balaban J connectivity index is 2.82. The molecule has 2 N–H and O–H groups in total. The SMILES string of the molecule is C=CCOC(=O)C(C=O)C(N)C(=NOCCc1ccccc1)OC(C)(C)C. The van der Waals surface area contributed by atoms with E-state index in [2.05, 4.69) is 11.7 Å². The summed E-state index contributed by atoms with van der Waals surface area (Å²) in [5.74, 6) is -2.07. The van der Waals surface area contributed by atoms with Gasteiger partial charge in [0.15, 0.2) is 0 Å². The first kappa shape index (κ1) is 22.4. The van der Waals surface area contributed by atoms with Gasteiger partial charge in [0.05, 0.1) is 0 Å². The van der Waals surface area contributed by atoms with Gasteiger partial charge in [-0.2, -0.15) is 0 Å². The minimum atomic E-state index is -1.26. The van der Waals surface area contributed by atoms with Gasteiger partial charge in [0.25, 0.3) is 0 Å². The van der Waals surface area contributed by atoms with Crippen molar-refractivity contribution in [3.8, 4) is 0 Å². The lowest BCUT2D eigenvalue weighted by Crippen LogP contribution is -2.47. The van der Waals surface area contributed by atoms with Crippen LogP contribution in [-0.4, -0.2) is 43.0 Å². The van der Waals surface area contributed by atoms with Gasteiger partial charge >= 0.3 is 5.97 Å². The number of aldehydes is 1. The first-order valence-corrected chi connectivity index (χ1v) is 8.69. The zero-order valence-corrected chi connectivity index (χ0v) is 16.1. The molecule has 7 heteroatoms. The number of nitrogens with two attached hydrogens (primary N) is 1. The van der Waals surface area contributed by atoms with Gasteiger partial charge in [-0.15, -0.1) is 0 Å². The van der Waals surface area contributed by atoms with E-state index < -0.39 is 23.5 Å². The molecule has 0 bridgehead atoms. The van der Waals surface area contributed by atoms with Crippen molar-refractivity contribution in [2.45, 2.75) is 38.8 Å². The summed E-state index contributed by atoms with van der Waals surface area (Å²) in [5, 5.41) is 3.94. The van der Waals surface area contributed by atoms with E-state index in [1.54, 1.807) is 20.8 Å². The number of ether oxygens (including phenoxy) is 2. The summed E-state index contributed by atoms with van der Waals surface area (Å²) in [7, 11) is 0. The van der Waals surface area contributed by atoms with Gasteiger partial charge in [-0.05, 0) is 26.3 Å². The van der Waals surface area contributed by atoms with Crippen LogP contribution in [0.1, 0.15) is 26.3 Å². The van der Waals surface area contributed by atoms with Crippen LogP contribution in [0.3, 0.4) is 0 Å². The smallest absolute Gasteiger partial charge is 0.318 e. The van der Waals surface area contributed by atoms with E-state index in [1.807, 2.05) is 30.3 Å². The van der Waals surface area contributed by atoms with Gasteiger partial charge in [-0.1, -0.05) is 48.1 Å². The highest BCUT2D eigenvalue weighted by molar-refractivity contribution is 5.96. The Labute approximate surface area is 160 Å². The normalized spacial score (nSPS) is 14.0. The molecule has 0 aliphatic heterocycles. The average molecular weight is 376 g/mol. The van der Waals surface area contributed by atoms with Crippen LogP contribution in [0.15, 0.2) is 48.1 Å². The molecule has 0 aliphatic rings. The van der Waals surface area contributed by atoms with Crippen molar-refractivity contribution in [3.63, 3.8) is 0 Å². The van der Waals surface area contributed by atoms with Crippen LogP contribution >= 0.6 is 0 Å². The predicted octanol–water partition coefficient (Wildman–Crippen LogP) is 2.25. The van der Waals surface area contributed by atoms with E-state index >= 15 is 0 Å². The zero-order chi connectivity index (χ0) is 20.3. The van der Waals surface area contributed by atoms with Gasteiger partial charge < -0.3 is 24.8 Å². The standard InChI is InChI=1S/C20H28N2O5/c1-5-12-25-19(24)16(14-23)17(21)18(27-20(2,3)4)22-26-13-11-15-9-7-6-8-10-15/h5-10,14,16-17H,1,11-13,21H2,2-4H3. The molecule has 0 heterocycles. The third-order valence-electron chi connectivity index (χ3n) is 3.32. The van der Waals surface area contributed by atoms with Crippen molar-refractivity contribution in [2.24, 2.45) is 16.8 Å². The van der Waals surface area contributed by atoms with Gasteiger partial charge in [-0.25, -0.2) is 0 Å². The Bertz CT molecular complexity index is 638. The molecule has 2 atom stereocenters. The summed E-state index contributed by atoms with van der Waals surface area (Å²) in [4.78, 5) is 28.7. The highest BCUT2D eigenvalue weighted by atomic mass is 16.6. The highest BCUT2D eigenvalue weighted by Gasteiger charge is 2.34. The minimum Gasteiger partial charge on any atom is -0.472 e. The third kappa shape index (κ3) is 8.50. The first-order chi connectivity index (χ1) is 12.8. The van der Waals surface area contributed by atoms with Crippen molar-refractivity contribution in [1.82, 2.24) is 0 Å². The number of esters is 1. The second-order valence-electron chi connectivity index (χ2n) is 6.82. The lowest BCUT2D eigenvalue weighted by atomic mass is 10.0. The summed E-state index contributed by atoms with van der Waals surface area (Å²) in [5.41, 5.74) is 6.50. The molecule has 0 spiro atoms. The molecule has 0 aliphatic carbocycles. The molecule has 0 saturated carbocycles. The van der Waals surface area contributed by atoms with E-state index in [4.69, 9.17) is 20.0 Å². The number of hydrogen-bond donors (Lipinski definition) is 1. The number of rotatable bonds is 10. The number of benzene rings is 1. The van der Waals surface area contributed by atoms with Crippen molar-refractivity contribution in [3.05, 3.63) is 48.6 Å². The molecular formula is C20H28N2O5. The molecule has 1 aromatic rings. The molecule has 27 heavy (non-hydrogen) atoms. The number of hydrogen-bond acceptors (Lipinski definition) is 7. The molecule has 2 unspecified atom stereocenters. The van der Waals surface area contributed by atoms with Crippen LogP contribution < -0.4 is 5.73 Å². The minimum absolute atomic E-state index is 0.0178. The number of oxime groups is 1. The Morgan fingerprint density at radius 1 is 1.30 bits per heavy atom. The van der Waals surface area contributed by atoms with E-state index in [0.29, 0.717) is 19.3 Å². The summed E-state index contributed by atoms with van der Waals surface area (Å²) in [6.45, 7) is 9.12. The maximum atomic E-state index is 12.0. The fourth-order valence-electron chi connectivity index (χ4n) is 2.06. The van der Waals surface area contributed by atoms with Crippen molar-refractivity contribution >= 4 is 18.2 Å². The Kier molecular flexibility index (Phi) is 9.22. The van der Waals surface area contributed by atoms with Crippen molar-refractivity contribution in [1.29, 1.82) is 0 Å². The molecule has 0 saturated heterocycles. The molecule has 1 aromatic carbocycles. The largest absolute Gasteiger partial charge is 0.472 e. The lowest BCUT2D eigenvalue weighted by Gasteiger charge is -2.26. The number of nitrogens with zero attached hydrogens (tertiary/aromatic N) is 1. The Hall–Kier alpha value is -2.67. The van der Waals surface area contributed by atoms with Crippen LogP contribution in [0, 0.1) is 5.92 Å². The van der Waals surface area contributed by atoms with Crippen LogP contribution in [0.5, 0.6) is 0 Å². The molecule has 0 aromatic heterocycles. The van der Waals surface area contributed by atoms with Gasteiger partial charge in [0, 0.05) is 6.42 Å². The molecule has 0 fully saturated rings. The predicted molar refractivity (Wildman–Crippen MR) is 103 cm³/mol. The quantitative estimate of drug-likeness (QED) is 0.0982. The fourth-order valence-corrected chi connectivity index (χ4v) is 2.06. The second kappa shape index (κ2) is 11.1. The molecular weight excluding hydrogens is 348 g/mol. The van der Waals surface area contributed by atoms with E-state index in [9.17, 15) is 9.59 Å². The molecule has 0 amide bonds. The van der Waals surface area contributed by atoms with Crippen LogP contribution in [0.2, 0.25) is 0 Å². The highest BCUT2D eigenvalue weighted by Crippen LogP contribution is 2.14. The molecule has 0 radical (unpaired) electrons. The van der Waals surface area contributed by atoms with Crippen molar-refractivity contribution in [2.75, 3.05) is 13.2 Å². The zero-order valence-electron chi connectivity index (χ0n) is 16.1. The van der Waals surface area contributed by atoms with Gasteiger partial charge in [0.2, 0.25) is 5.90 Å². The average Bonchev–Trinajstić information content (AvgIpc) is 2.62. The topological polar surface area (TPSA) is 100 Å². The van der Waals surface area contributed by atoms with Crippen LogP contribution in [-0.2, 0) is 30.3 Å². The first-order valence-electron chi connectivity index (χ1n) is 8.69. The van der Waals surface area contributed by atoms with Crippen LogP contribution in [0.4, 0.5) is 0 Å². The van der Waals surface area contributed by atoms with E-state index in [1.165, 1.54) is 6.08 Å². The summed E-state index contributed by atoms with van der Waals surface area (Å²) < 4.78 is 10.6. The third-order valence-corrected chi connectivity index (χ3v) is 3.32. The number of carbonyl (C=O) groups excluding carboxylic acids is 2. The monoisotopic (exact) mass is 376 g/mol. The van der Waals surface area contributed by atoms with Gasteiger partial charge in [-0.3, -0.25) is 4.79 Å². The Morgan fingerprint density at radius 3 is 2.52 bits per heavy atom. The summed E-state index contributed by atoms with van der Waals surface area (Å²) in [6, 6.07) is 8.63. The van der Waals surface area contributed by atoms with Crippen LogP contribution in [0.25, 0.3) is 0 Å². The maximum Gasteiger partial charge on any atom is 0.318 e. The van der Waals surface area contributed by atoms with Crippen molar-refractivity contribution < 1.29 is 23.9 Å². The maximum absolute atomic E-state index is 12.0. The van der Waals surface area contributed by atoms with Gasteiger partial charge in [0.1, 0.15) is 37.1 Å². The molecule has 1 rings (SSSR count). The molecule has 148 valence electrons. The number of carbonyl (C=O) groups is 2. The lowest BCUT2D eigenvalue weighted by molar-refractivity contribution is -0.149. The molecule has 7 nitrogen and oxygen atoms in total. The second-order valence-corrected chi connectivity index (χ2v) is 6.82.